The third-order valence-electron chi connectivity index (χ3n) is 3.38. The molecule has 1 aromatic rings. The molecular formula is C15H19NO. The maximum absolute atomic E-state index is 12.0. The van der Waals surface area contributed by atoms with E-state index in [2.05, 4.69) is 24.3 Å². The summed E-state index contributed by atoms with van der Waals surface area (Å²) in [5.74, 6) is 2.94. The molecule has 0 aliphatic heterocycles. The van der Waals surface area contributed by atoms with E-state index >= 15 is 0 Å². The molecule has 0 amide bonds. The van der Waals surface area contributed by atoms with Crippen molar-refractivity contribution in [1.82, 2.24) is 4.57 Å². The van der Waals surface area contributed by atoms with E-state index < -0.39 is 0 Å². The van der Waals surface area contributed by atoms with Crippen molar-refractivity contribution in [3.8, 4) is 12.3 Å². The van der Waals surface area contributed by atoms with Gasteiger partial charge in [0.25, 0.3) is 0 Å². The van der Waals surface area contributed by atoms with Gasteiger partial charge in [-0.15, -0.1) is 12.3 Å². The van der Waals surface area contributed by atoms with Crippen LogP contribution < -0.4 is 0 Å². The Balaban J connectivity index is 2.22. The quantitative estimate of drug-likeness (QED) is 0.576. The van der Waals surface area contributed by atoms with E-state index in [1.165, 1.54) is 5.69 Å². The van der Waals surface area contributed by atoms with Crippen LogP contribution in [0.5, 0.6) is 0 Å². The van der Waals surface area contributed by atoms with Crippen LogP contribution in [0.3, 0.4) is 0 Å². The van der Waals surface area contributed by atoms with Crippen LogP contribution in [0.15, 0.2) is 12.3 Å². The van der Waals surface area contributed by atoms with Gasteiger partial charge in [-0.2, -0.15) is 0 Å². The van der Waals surface area contributed by atoms with Gasteiger partial charge in [-0.25, -0.2) is 0 Å². The molecular weight excluding hydrogens is 210 g/mol. The average Bonchev–Trinajstić information content (AvgIpc) is 2.60. The highest BCUT2D eigenvalue weighted by Gasteiger charge is 2.32. The topological polar surface area (TPSA) is 22.0 Å². The van der Waals surface area contributed by atoms with Crippen molar-refractivity contribution in [1.29, 1.82) is 0 Å². The van der Waals surface area contributed by atoms with Crippen molar-refractivity contribution in [3.63, 3.8) is 0 Å². The monoisotopic (exact) mass is 229 g/mol. The van der Waals surface area contributed by atoms with E-state index in [0.29, 0.717) is 6.42 Å². The summed E-state index contributed by atoms with van der Waals surface area (Å²) < 4.78 is 2.20. The maximum Gasteiger partial charge on any atom is 0.165 e. The molecule has 2 heteroatoms. The predicted octanol–water partition coefficient (Wildman–Crippen LogP) is 3.06. The molecule has 0 spiro atoms. The first-order valence-electron chi connectivity index (χ1n) is 6.18. The second-order valence-corrected chi connectivity index (χ2v) is 5.62. The average molecular weight is 229 g/mol. The number of aryl methyl sites for hydroxylation is 1. The smallest absolute Gasteiger partial charge is 0.165 e. The van der Waals surface area contributed by atoms with Crippen molar-refractivity contribution < 1.29 is 4.79 Å². The molecule has 2 nitrogen and oxygen atoms in total. The van der Waals surface area contributed by atoms with Gasteiger partial charge in [0, 0.05) is 36.8 Å². The van der Waals surface area contributed by atoms with Gasteiger partial charge >= 0.3 is 0 Å². The largest absolute Gasteiger partial charge is 0.351 e. The van der Waals surface area contributed by atoms with Gasteiger partial charge in [0.15, 0.2) is 5.78 Å². The van der Waals surface area contributed by atoms with Gasteiger partial charge in [0.05, 0.1) is 0 Å². The number of carbonyl (C=O) groups excluding carboxylic acids is 1. The van der Waals surface area contributed by atoms with Gasteiger partial charge in [-0.1, -0.05) is 13.8 Å². The molecule has 90 valence electrons. The molecule has 0 N–H and O–H groups in total. The minimum absolute atomic E-state index is 0.0896. The lowest BCUT2D eigenvalue weighted by Crippen LogP contribution is -2.28. The van der Waals surface area contributed by atoms with Crippen LogP contribution in [0.2, 0.25) is 0 Å². The summed E-state index contributed by atoms with van der Waals surface area (Å²) in [6.45, 7) is 5.24. The lowest BCUT2D eigenvalue weighted by Gasteiger charge is -2.29. The molecule has 0 saturated carbocycles. The summed E-state index contributed by atoms with van der Waals surface area (Å²) in [5.41, 5.74) is 2.21. The SMILES string of the molecule is C#CCCCn1ccc2c1CC(C)(C)CC2=O. The standard InChI is InChI=1S/C15H19NO/c1-4-5-6-8-16-9-7-12-13(16)10-15(2,3)11-14(12)17/h1,7,9H,5-6,8,10-11H2,2-3H3. The molecule has 0 radical (unpaired) electrons. The minimum Gasteiger partial charge on any atom is -0.351 e. The first kappa shape index (κ1) is 12.0. The Morgan fingerprint density at radius 2 is 2.24 bits per heavy atom. The fourth-order valence-corrected chi connectivity index (χ4v) is 2.56. The molecule has 1 aliphatic carbocycles. The summed E-state index contributed by atoms with van der Waals surface area (Å²) in [5, 5.41) is 0. The number of aromatic nitrogens is 1. The highest BCUT2D eigenvalue weighted by molar-refractivity contribution is 5.98. The first-order chi connectivity index (χ1) is 8.03. The zero-order valence-electron chi connectivity index (χ0n) is 10.6. The first-order valence-corrected chi connectivity index (χ1v) is 6.18. The summed E-state index contributed by atoms with van der Waals surface area (Å²) in [4.78, 5) is 12.0. The normalized spacial score (nSPS) is 17.6. The van der Waals surface area contributed by atoms with Gasteiger partial charge in [0.1, 0.15) is 0 Å². The number of hydrogen-bond acceptors (Lipinski definition) is 1. The second-order valence-electron chi connectivity index (χ2n) is 5.62. The molecule has 1 aromatic heterocycles. The van der Waals surface area contributed by atoms with Crippen LogP contribution in [0, 0.1) is 17.8 Å². The van der Waals surface area contributed by atoms with Crippen LogP contribution in [0.25, 0.3) is 0 Å². The molecule has 1 aliphatic rings. The number of ketones is 1. The molecule has 1 heterocycles. The summed E-state index contributed by atoms with van der Waals surface area (Å²) >= 11 is 0. The molecule has 0 unspecified atom stereocenters. The van der Waals surface area contributed by atoms with E-state index in [1.54, 1.807) is 0 Å². The van der Waals surface area contributed by atoms with E-state index in [1.807, 2.05) is 12.3 Å². The molecule has 0 bridgehead atoms. The number of hydrogen-bond donors (Lipinski definition) is 0. The third-order valence-corrected chi connectivity index (χ3v) is 3.38. The van der Waals surface area contributed by atoms with Gasteiger partial charge in [-0.3, -0.25) is 4.79 Å². The molecule has 0 atom stereocenters. The Labute approximate surface area is 103 Å². The summed E-state index contributed by atoms with van der Waals surface area (Å²) in [7, 11) is 0. The van der Waals surface area contributed by atoms with Crippen molar-refractivity contribution in [2.75, 3.05) is 0 Å². The molecule has 0 saturated heterocycles. The van der Waals surface area contributed by atoms with E-state index in [-0.39, 0.29) is 11.2 Å². The highest BCUT2D eigenvalue weighted by atomic mass is 16.1. The number of terminal acetylenes is 1. The Morgan fingerprint density at radius 3 is 2.94 bits per heavy atom. The lowest BCUT2D eigenvalue weighted by molar-refractivity contribution is 0.0910. The lowest BCUT2D eigenvalue weighted by atomic mass is 9.76. The Morgan fingerprint density at radius 1 is 1.47 bits per heavy atom. The van der Waals surface area contributed by atoms with Crippen LogP contribution in [0.4, 0.5) is 0 Å². The highest BCUT2D eigenvalue weighted by Crippen LogP contribution is 2.35. The van der Waals surface area contributed by atoms with Crippen molar-refractivity contribution in [3.05, 3.63) is 23.5 Å². The Kier molecular flexibility index (Phi) is 3.11. The number of nitrogens with zero attached hydrogens (tertiary/aromatic N) is 1. The number of carbonyl (C=O) groups is 1. The zero-order chi connectivity index (χ0) is 12.5. The van der Waals surface area contributed by atoms with E-state index in [9.17, 15) is 4.79 Å². The van der Waals surface area contributed by atoms with Gasteiger partial charge in [0.2, 0.25) is 0 Å². The molecule has 2 rings (SSSR count). The Bertz CT molecular complexity index is 474. The fourth-order valence-electron chi connectivity index (χ4n) is 2.56. The van der Waals surface area contributed by atoms with E-state index in [4.69, 9.17) is 6.42 Å². The summed E-state index contributed by atoms with van der Waals surface area (Å²) in [6, 6.07) is 1.96. The number of unbranched alkanes of at least 4 members (excludes halogenated alkanes) is 1. The van der Waals surface area contributed by atoms with Crippen LogP contribution in [0.1, 0.15) is 49.2 Å². The van der Waals surface area contributed by atoms with Crippen LogP contribution >= 0.6 is 0 Å². The third kappa shape index (κ3) is 2.44. The molecule has 17 heavy (non-hydrogen) atoms. The Hall–Kier alpha value is -1.49. The number of rotatable bonds is 3. The molecule has 0 aromatic carbocycles. The number of fused-ring (bicyclic) bond motifs is 1. The zero-order valence-corrected chi connectivity index (χ0v) is 10.6. The second kappa shape index (κ2) is 4.41. The number of Topliss-reactive ketones (excluding diaryl/α,β-unsaturated/α-hetero) is 1. The van der Waals surface area contributed by atoms with Crippen molar-refractivity contribution in [2.24, 2.45) is 5.41 Å². The van der Waals surface area contributed by atoms with Gasteiger partial charge < -0.3 is 4.57 Å². The van der Waals surface area contributed by atoms with Crippen LogP contribution in [-0.2, 0) is 13.0 Å². The van der Waals surface area contributed by atoms with E-state index in [0.717, 1.165) is 31.4 Å². The fraction of sp³-hybridized carbons (Fsp3) is 0.533. The predicted molar refractivity (Wildman–Crippen MR) is 68.9 cm³/mol. The van der Waals surface area contributed by atoms with Crippen molar-refractivity contribution in [2.45, 2.75) is 46.1 Å². The summed E-state index contributed by atoms with van der Waals surface area (Å²) in [6.07, 6.45) is 10.7. The van der Waals surface area contributed by atoms with Crippen molar-refractivity contribution >= 4 is 5.78 Å². The van der Waals surface area contributed by atoms with Gasteiger partial charge in [-0.05, 0) is 24.3 Å². The maximum atomic E-state index is 12.0. The molecule has 0 fully saturated rings. The minimum atomic E-state index is 0.0896. The van der Waals surface area contributed by atoms with Crippen LogP contribution in [-0.4, -0.2) is 10.4 Å².